The summed E-state index contributed by atoms with van der Waals surface area (Å²) in [5.41, 5.74) is 0. The zero-order valence-corrected chi connectivity index (χ0v) is 12.6. The van der Waals surface area contributed by atoms with Gasteiger partial charge in [-0.2, -0.15) is 0 Å². The minimum absolute atomic E-state index is 0.113. The molecular formula is C14H25N5O. The number of hydrogen-bond acceptors (Lipinski definition) is 4. The number of hydrogen-bond donors (Lipinski definition) is 2. The van der Waals surface area contributed by atoms with Gasteiger partial charge in [-0.05, 0) is 32.9 Å². The van der Waals surface area contributed by atoms with Gasteiger partial charge in [0, 0.05) is 18.5 Å². The number of aromatic nitrogens is 3. The van der Waals surface area contributed by atoms with Crippen LogP contribution < -0.4 is 5.32 Å². The van der Waals surface area contributed by atoms with Gasteiger partial charge in [-0.25, -0.2) is 4.98 Å². The Labute approximate surface area is 120 Å². The van der Waals surface area contributed by atoms with Crippen LogP contribution in [0.15, 0.2) is 0 Å². The summed E-state index contributed by atoms with van der Waals surface area (Å²) in [4.78, 5) is 18.7. The second-order valence-electron chi connectivity index (χ2n) is 5.93. The lowest BCUT2D eigenvalue weighted by Crippen LogP contribution is -2.43. The van der Waals surface area contributed by atoms with Gasteiger partial charge in [0.15, 0.2) is 0 Å². The smallest absolute Gasteiger partial charge is 0.291 e. The third-order valence-corrected chi connectivity index (χ3v) is 3.61. The van der Waals surface area contributed by atoms with Crippen molar-refractivity contribution < 1.29 is 4.79 Å². The molecular weight excluding hydrogens is 254 g/mol. The maximum Gasteiger partial charge on any atom is 0.291 e. The van der Waals surface area contributed by atoms with E-state index in [4.69, 9.17) is 0 Å². The summed E-state index contributed by atoms with van der Waals surface area (Å²) in [7, 11) is 0. The van der Waals surface area contributed by atoms with Gasteiger partial charge >= 0.3 is 0 Å². The molecule has 1 fully saturated rings. The Kier molecular flexibility index (Phi) is 5.11. The Bertz CT molecular complexity index is 437. The van der Waals surface area contributed by atoms with Crippen molar-refractivity contribution in [2.24, 2.45) is 0 Å². The highest BCUT2D eigenvalue weighted by molar-refractivity contribution is 5.90. The third kappa shape index (κ3) is 4.03. The monoisotopic (exact) mass is 279 g/mol. The Morgan fingerprint density at radius 3 is 2.60 bits per heavy atom. The van der Waals surface area contributed by atoms with E-state index >= 15 is 0 Å². The van der Waals surface area contributed by atoms with Gasteiger partial charge in [-0.15, -0.1) is 5.10 Å². The van der Waals surface area contributed by atoms with Crippen molar-refractivity contribution in [2.75, 3.05) is 19.6 Å². The number of carbonyl (C=O) groups is 1. The molecule has 0 saturated carbocycles. The molecule has 2 heterocycles. The first kappa shape index (κ1) is 15.0. The molecule has 0 spiro atoms. The van der Waals surface area contributed by atoms with Crippen LogP contribution in [0.25, 0.3) is 0 Å². The Hall–Kier alpha value is -1.43. The fourth-order valence-corrected chi connectivity index (χ4v) is 2.50. The fraction of sp³-hybridized carbons (Fsp3) is 0.786. The molecule has 2 rings (SSSR count). The van der Waals surface area contributed by atoms with Gasteiger partial charge < -0.3 is 10.2 Å². The number of nitrogens with zero attached hydrogens (tertiary/aromatic N) is 3. The SMILES string of the molecule is CC(CN1CCCCC1)NC(=O)c1n[nH]c(C(C)C)n1. The molecule has 1 amide bonds. The summed E-state index contributed by atoms with van der Waals surface area (Å²) in [6.07, 6.45) is 3.85. The van der Waals surface area contributed by atoms with E-state index in [0.717, 1.165) is 25.5 Å². The van der Waals surface area contributed by atoms with E-state index in [1.165, 1.54) is 19.3 Å². The van der Waals surface area contributed by atoms with Crippen LogP contribution in [0.2, 0.25) is 0 Å². The average molecular weight is 279 g/mol. The van der Waals surface area contributed by atoms with Crippen molar-refractivity contribution in [3.8, 4) is 0 Å². The van der Waals surface area contributed by atoms with Crippen LogP contribution >= 0.6 is 0 Å². The first-order valence-electron chi connectivity index (χ1n) is 7.51. The van der Waals surface area contributed by atoms with Crippen molar-refractivity contribution in [1.29, 1.82) is 0 Å². The quantitative estimate of drug-likeness (QED) is 0.857. The highest BCUT2D eigenvalue weighted by Crippen LogP contribution is 2.09. The molecule has 6 nitrogen and oxygen atoms in total. The lowest BCUT2D eigenvalue weighted by atomic mass is 10.1. The first-order chi connectivity index (χ1) is 9.56. The summed E-state index contributed by atoms with van der Waals surface area (Å²) in [6.45, 7) is 9.23. The maximum absolute atomic E-state index is 12.1. The van der Waals surface area contributed by atoms with E-state index in [9.17, 15) is 4.79 Å². The second kappa shape index (κ2) is 6.83. The van der Waals surface area contributed by atoms with Crippen LogP contribution in [0.1, 0.15) is 62.4 Å². The Morgan fingerprint density at radius 2 is 2.00 bits per heavy atom. The molecule has 1 aromatic heterocycles. The van der Waals surface area contributed by atoms with Crippen LogP contribution in [0.4, 0.5) is 0 Å². The summed E-state index contributed by atoms with van der Waals surface area (Å²) in [5.74, 6) is 1.03. The van der Waals surface area contributed by atoms with Gasteiger partial charge in [-0.1, -0.05) is 20.3 Å². The lowest BCUT2D eigenvalue weighted by molar-refractivity contribution is 0.0915. The lowest BCUT2D eigenvalue weighted by Gasteiger charge is -2.29. The number of carbonyl (C=O) groups excluding carboxylic acids is 1. The highest BCUT2D eigenvalue weighted by atomic mass is 16.2. The van der Waals surface area contributed by atoms with Gasteiger partial charge in [0.2, 0.25) is 5.82 Å². The number of aromatic amines is 1. The van der Waals surface area contributed by atoms with E-state index in [1.54, 1.807) is 0 Å². The molecule has 0 aliphatic carbocycles. The molecule has 0 bridgehead atoms. The van der Waals surface area contributed by atoms with E-state index in [-0.39, 0.29) is 23.7 Å². The van der Waals surface area contributed by atoms with Crippen molar-refractivity contribution in [1.82, 2.24) is 25.4 Å². The Morgan fingerprint density at radius 1 is 1.30 bits per heavy atom. The molecule has 6 heteroatoms. The van der Waals surface area contributed by atoms with E-state index in [2.05, 4.69) is 25.4 Å². The fourth-order valence-electron chi connectivity index (χ4n) is 2.50. The molecule has 0 radical (unpaired) electrons. The molecule has 20 heavy (non-hydrogen) atoms. The Balaban J connectivity index is 1.83. The number of nitrogens with one attached hydrogen (secondary N) is 2. The van der Waals surface area contributed by atoms with Crippen LogP contribution in [0, 0.1) is 0 Å². The number of piperidine rings is 1. The van der Waals surface area contributed by atoms with Gasteiger partial charge in [0.05, 0.1) is 0 Å². The van der Waals surface area contributed by atoms with Gasteiger partial charge in [0.1, 0.15) is 5.82 Å². The predicted octanol–water partition coefficient (Wildman–Crippen LogP) is 1.53. The van der Waals surface area contributed by atoms with Crippen LogP contribution in [0.3, 0.4) is 0 Å². The van der Waals surface area contributed by atoms with Gasteiger partial charge in [0.25, 0.3) is 5.91 Å². The average Bonchev–Trinajstić information content (AvgIpc) is 2.89. The highest BCUT2D eigenvalue weighted by Gasteiger charge is 2.18. The predicted molar refractivity (Wildman–Crippen MR) is 77.7 cm³/mol. The van der Waals surface area contributed by atoms with Crippen molar-refractivity contribution >= 4 is 5.91 Å². The minimum atomic E-state index is -0.197. The minimum Gasteiger partial charge on any atom is -0.346 e. The molecule has 1 atom stereocenters. The summed E-state index contributed by atoms with van der Waals surface area (Å²) in [5, 5.41) is 9.75. The molecule has 1 aliphatic heterocycles. The second-order valence-corrected chi connectivity index (χ2v) is 5.93. The van der Waals surface area contributed by atoms with Crippen molar-refractivity contribution in [2.45, 2.75) is 52.0 Å². The van der Waals surface area contributed by atoms with Crippen LogP contribution in [-0.4, -0.2) is 51.7 Å². The van der Waals surface area contributed by atoms with Crippen molar-refractivity contribution in [3.05, 3.63) is 11.6 Å². The first-order valence-corrected chi connectivity index (χ1v) is 7.51. The van der Waals surface area contributed by atoms with Crippen LogP contribution in [0.5, 0.6) is 0 Å². The zero-order chi connectivity index (χ0) is 14.5. The van der Waals surface area contributed by atoms with E-state index in [1.807, 2.05) is 20.8 Å². The van der Waals surface area contributed by atoms with E-state index in [0.29, 0.717) is 0 Å². The number of rotatable bonds is 5. The van der Waals surface area contributed by atoms with E-state index < -0.39 is 0 Å². The largest absolute Gasteiger partial charge is 0.346 e. The number of likely N-dealkylation sites (tertiary alicyclic amines) is 1. The molecule has 1 aliphatic rings. The summed E-state index contributed by atoms with van der Waals surface area (Å²) >= 11 is 0. The van der Waals surface area contributed by atoms with Crippen LogP contribution in [-0.2, 0) is 0 Å². The maximum atomic E-state index is 12.1. The summed E-state index contributed by atoms with van der Waals surface area (Å²) in [6, 6.07) is 0.113. The number of H-pyrrole nitrogens is 1. The van der Waals surface area contributed by atoms with Crippen molar-refractivity contribution in [3.63, 3.8) is 0 Å². The molecule has 112 valence electrons. The standard InChI is InChI=1S/C14H25N5O/c1-10(2)12-16-13(18-17-12)14(20)15-11(3)9-19-7-5-4-6-8-19/h10-11H,4-9H2,1-3H3,(H,15,20)(H,16,17,18). The normalized spacial score (nSPS) is 18.2. The summed E-state index contributed by atoms with van der Waals surface area (Å²) < 4.78 is 0. The molecule has 1 saturated heterocycles. The van der Waals surface area contributed by atoms with Gasteiger partial charge in [-0.3, -0.25) is 9.89 Å². The molecule has 1 aromatic rings. The molecule has 1 unspecified atom stereocenters. The molecule has 0 aromatic carbocycles. The topological polar surface area (TPSA) is 73.9 Å². The third-order valence-electron chi connectivity index (χ3n) is 3.61. The molecule has 2 N–H and O–H groups in total. The number of amides is 1. The zero-order valence-electron chi connectivity index (χ0n) is 12.6.